The molecule has 0 aliphatic heterocycles. The van der Waals surface area contributed by atoms with Crippen LogP contribution in [0.15, 0.2) is 36.4 Å². The summed E-state index contributed by atoms with van der Waals surface area (Å²) < 4.78 is 23.4. The fourth-order valence-electron chi connectivity index (χ4n) is 3.34. The van der Waals surface area contributed by atoms with E-state index in [9.17, 15) is 0 Å². The molecule has 2 aromatic carbocycles. The number of aromatic nitrogens is 2. The molecule has 0 unspecified atom stereocenters. The zero-order chi connectivity index (χ0) is 21.0. The predicted molar refractivity (Wildman–Crippen MR) is 112 cm³/mol. The molecule has 7 nitrogen and oxygen atoms in total. The summed E-state index contributed by atoms with van der Waals surface area (Å²) in [5.41, 5.74) is 10.2. The summed E-state index contributed by atoms with van der Waals surface area (Å²) in [5, 5.41) is 0. The third-order valence-electron chi connectivity index (χ3n) is 4.97. The Morgan fingerprint density at radius 2 is 1.24 bits per heavy atom. The third-order valence-corrected chi connectivity index (χ3v) is 4.97. The van der Waals surface area contributed by atoms with Gasteiger partial charge in [0.2, 0.25) is 0 Å². The average molecular weight is 397 g/mol. The maximum atomic E-state index is 6.11. The first-order chi connectivity index (χ1) is 14.0. The molecule has 0 radical (unpaired) electrons. The zero-order valence-corrected chi connectivity index (χ0v) is 17.5. The minimum absolute atomic E-state index is 0.482. The first-order valence-electron chi connectivity index (χ1n) is 9.22. The summed E-state index contributed by atoms with van der Waals surface area (Å²) in [6.07, 6.45) is 1.30. The van der Waals surface area contributed by atoms with Crippen molar-refractivity contribution < 1.29 is 18.9 Å². The Morgan fingerprint density at radius 3 is 1.72 bits per heavy atom. The lowest BCUT2D eigenvalue weighted by Gasteiger charge is -2.12. The van der Waals surface area contributed by atoms with Crippen LogP contribution < -0.4 is 24.7 Å². The van der Waals surface area contributed by atoms with Crippen LogP contribution >= 0.6 is 0 Å². The van der Waals surface area contributed by atoms with Gasteiger partial charge in [-0.15, -0.1) is 0 Å². The van der Waals surface area contributed by atoms with E-state index in [0.29, 0.717) is 41.8 Å². The zero-order valence-electron chi connectivity index (χ0n) is 17.5. The Morgan fingerprint density at radius 1 is 0.759 bits per heavy atom. The van der Waals surface area contributed by atoms with Crippen molar-refractivity contribution in [2.45, 2.75) is 12.8 Å². The Bertz CT molecular complexity index is 998. The smallest absolute Gasteiger partial charge is 0.200 e. The topological polar surface area (TPSA) is 80.8 Å². The van der Waals surface area contributed by atoms with E-state index in [2.05, 4.69) is 4.98 Å². The molecule has 0 aliphatic rings. The monoisotopic (exact) mass is 397 g/mol. The third kappa shape index (κ3) is 4.23. The molecule has 0 aliphatic carbocycles. The van der Waals surface area contributed by atoms with Gasteiger partial charge in [-0.3, -0.25) is 0 Å². The second-order valence-electron chi connectivity index (χ2n) is 6.65. The van der Waals surface area contributed by atoms with Crippen LogP contribution in [-0.4, -0.2) is 38.0 Å². The van der Waals surface area contributed by atoms with Gasteiger partial charge in [0.1, 0.15) is 0 Å². The van der Waals surface area contributed by atoms with Crippen LogP contribution in [0.25, 0.3) is 0 Å². The second kappa shape index (κ2) is 8.77. The lowest BCUT2D eigenvalue weighted by atomic mass is 10.0. The molecule has 154 valence electrons. The molecule has 29 heavy (non-hydrogen) atoms. The first kappa shape index (κ1) is 20.4. The quantitative estimate of drug-likeness (QED) is 0.629. The van der Waals surface area contributed by atoms with Crippen LogP contribution in [0.1, 0.15) is 22.5 Å². The number of rotatable bonds is 8. The Labute approximate surface area is 171 Å². The van der Waals surface area contributed by atoms with E-state index in [1.54, 1.807) is 28.4 Å². The van der Waals surface area contributed by atoms with E-state index in [4.69, 9.17) is 24.7 Å². The van der Waals surface area contributed by atoms with Gasteiger partial charge in [-0.05, 0) is 35.4 Å². The number of hydrogen-bond acceptors (Lipinski definition) is 6. The molecular formula is C22H27N3O4. The molecule has 3 rings (SSSR count). The Balaban J connectivity index is 1.92. The van der Waals surface area contributed by atoms with Gasteiger partial charge in [0.15, 0.2) is 28.9 Å². The van der Waals surface area contributed by atoms with Gasteiger partial charge in [-0.1, -0.05) is 12.1 Å². The minimum atomic E-state index is 0.482. The van der Waals surface area contributed by atoms with E-state index >= 15 is 0 Å². The van der Waals surface area contributed by atoms with Gasteiger partial charge in [0, 0.05) is 25.6 Å². The lowest BCUT2D eigenvalue weighted by Crippen LogP contribution is -2.04. The van der Waals surface area contributed by atoms with Gasteiger partial charge in [-0.25, -0.2) is 4.98 Å². The largest absolute Gasteiger partial charge is 0.493 e. The highest BCUT2D eigenvalue weighted by Gasteiger charge is 2.16. The van der Waals surface area contributed by atoms with Crippen LogP contribution in [0, 0.1) is 0 Å². The molecule has 1 aromatic heterocycles. The Kier molecular flexibility index (Phi) is 6.16. The predicted octanol–water partition coefficient (Wildman–Crippen LogP) is 3.22. The molecular weight excluding hydrogens is 370 g/mol. The van der Waals surface area contributed by atoms with Crippen LogP contribution in [0.4, 0.5) is 5.95 Å². The number of imidazole rings is 1. The highest BCUT2D eigenvalue weighted by Crippen LogP contribution is 2.31. The molecule has 0 saturated carbocycles. The van der Waals surface area contributed by atoms with Crippen molar-refractivity contribution in [2.24, 2.45) is 7.05 Å². The molecule has 0 saturated heterocycles. The number of benzene rings is 2. The second-order valence-corrected chi connectivity index (χ2v) is 6.65. The number of hydrogen-bond donors (Lipinski definition) is 1. The number of anilines is 1. The van der Waals surface area contributed by atoms with Crippen molar-refractivity contribution in [1.82, 2.24) is 9.55 Å². The van der Waals surface area contributed by atoms with Crippen molar-refractivity contribution in [2.75, 3.05) is 34.2 Å². The van der Waals surface area contributed by atoms with Crippen molar-refractivity contribution in [3.63, 3.8) is 0 Å². The molecule has 3 aromatic rings. The van der Waals surface area contributed by atoms with Gasteiger partial charge < -0.3 is 29.2 Å². The number of nitrogen functional groups attached to an aromatic ring is 1. The fourth-order valence-corrected chi connectivity index (χ4v) is 3.34. The average Bonchev–Trinajstić information content (AvgIpc) is 3.00. The highest BCUT2D eigenvalue weighted by molar-refractivity contribution is 5.46. The standard InChI is InChI=1S/C22H27N3O4/c1-25-17(11-15-7-9-19(27-3)21(13-15)29-5)16(24-22(25)23)10-14-6-8-18(26-2)20(12-14)28-4/h6-9,12-13H,10-11H2,1-5H3,(H2,23,24). The molecule has 0 amide bonds. The molecule has 0 bridgehead atoms. The SMILES string of the molecule is COc1ccc(Cc2nc(N)n(C)c2Cc2ccc(OC)c(OC)c2)cc1OC. The summed E-state index contributed by atoms with van der Waals surface area (Å²) in [6.45, 7) is 0. The van der Waals surface area contributed by atoms with E-state index in [1.165, 1.54) is 0 Å². The van der Waals surface area contributed by atoms with Gasteiger partial charge in [0.25, 0.3) is 0 Å². The van der Waals surface area contributed by atoms with Crippen molar-refractivity contribution in [3.05, 3.63) is 58.9 Å². The van der Waals surface area contributed by atoms with Crippen molar-refractivity contribution >= 4 is 5.95 Å². The molecule has 7 heteroatoms. The summed E-state index contributed by atoms with van der Waals surface area (Å²) >= 11 is 0. The van der Waals surface area contributed by atoms with Gasteiger partial charge in [0.05, 0.1) is 34.1 Å². The maximum absolute atomic E-state index is 6.11. The van der Waals surface area contributed by atoms with Crippen molar-refractivity contribution in [1.29, 1.82) is 0 Å². The molecule has 0 atom stereocenters. The highest BCUT2D eigenvalue weighted by atomic mass is 16.5. The van der Waals surface area contributed by atoms with E-state index in [0.717, 1.165) is 22.5 Å². The summed E-state index contributed by atoms with van der Waals surface area (Å²) in [7, 11) is 8.43. The normalized spacial score (nSPS) is 10.7. The molecule has 2 N–H and O–H groups in total. The van der Waals surface area contributed by atoms with Gasteiger partial charge >= 0.3 is 0 Å². The number of methoxy groups -OCH3 is 4. The van der Waals surface area contributed by atoms with E-state index in [1.807, 2.05) is 48.0 Å². The lowest BCUT2D eigenvalue weighted by molar-refractivity contribution is 0.354. The molecule has 0 fully saturated rings. The number of ether oxygens (including phenoxy) is 4. The van der Waals surface area contributed by atoms with E-state index in [-0.39, 0.29) is 0 Å². The molecule has 0 spiro atoms. The first-order valence-corrected chi connectivity index (χ1v) is 9.22. The maximum Gasteiger partial charge on any atom is 0.200 e. The van der Waals surface area contributed by atoms with Crippen LogP contribution in [0.2, 0.25) is 0 Å². The van der Waals surface area contributed by atoms with Crippen LogP contribution in [0.5, 0.6) is 23.0 Å². The van der Waals surface area contributed by atoms with Crippen LogP contribution in [-0.2, 0) is 19.9 Å². The van der Waals surface area contributed by atoms with E-state index < -0.39 is 0 Å². The minimum Gasteiger partial charge on any atom is -0.493 e. The summed E-state index contributed by atoms with van der Waals surface area (Å²) in [6, 6.07) is 11.8. The fraction of sp³-hybridized carbons (Fsp3) is 0.318. The summed E-state index contributed by atoms with van der Waals surface area (Å²) in [4.78, 5) is 4.59. The van der Waals surface area contributed by atoms with Gasteiger partial charge in [-0.2, -0.15) is 0 Å². The Hall–Kier alpha value is -3.35. The van der Waals surface area contributed by atoms with Crippen molar-refractivity contribution in [3.8, 4) is 23.0 Å². The summed E-state index contributed by atoms with van der Waals surface area (Å²) in [5.74, 6) is 3.27. The number of nitrogens with two attached hydrogens (primary N) is 1. The number of nitrogens with zero attached hydrogens (tertiary/aromatic N) is 2. The molecule has 1 heterocycles. The van der Waals surface area contributed by atoms with Crippen LogP contribution in [0.3, 0.4) is 0 Å².